The predicted molar refractivity (Wildman–Crippen MR) is 67.7 cm³/mol. The van der Waals surface area contributed by atoms with Crippen molar-refractivity contribution in [2.24, 2.45) is 0 Å². The second kappa shape index (κ2) is 3.94. The summed E-state index contributed by atoms with van der Waals surface area (Å²) in [5.41, 5.74) is 9.19. The number of hydrogen-bond acceptors (Lipinski definition) is 3. The minimum Gasteiger partial charge on any atom is -0.440 e. The van der Waals surface area contributed by atoms with Gasteiger partial charge in [0, 0.05) is 12.1 Å². The predicted octanol–water partition coefficient (Wildman–Crippen LogP) is 3.00. The first kappa shape index (κ1) is 9.90. The molecule has 0 unspecified atom stereocenters. The highest BCUT2D eigenvalue weighted by Gasteiger charge is 2.06. The summed E-state index contributed by atoms with van der Waals surface area (Å²) in [5.74, 6) is 0.719. The third-order valence-electron chi connectivity index (χ3n) is 2.65. The fourth-order valence-corrected chi connectivity index (χ4v) is 1.84. The lowest BCUT2D eigenvalue weighted by Crippen LogP contribution is -1.86. The van der Waals surface area contributed by atoms with E-state index in [1.165, 1.54) is 5.56 Å². The van der Waals surface area contributed by atoms with Gasteiger partial charge < -0.3 is 10.2 Å². The molecule has 0 saturated carbocycles. The van der Waals surface area contributed by atoms with Crippen LogP contribution in [-0.4, -0.2) is 4.98 Å². The van der Waals surface area contributed by atoms with Gasteiger partial charge in [-0.1, -0.05) is 30.3 Å². The van der Waals surface area contributed by atoms with Gasteiger partial charge in [0.15, 0.2) is 11.5 Å². The van der Waals surface area contributed by atoms with Crippen molar-refractivity contribution in [1.82, 2.24) is 4.98 Å². The maximum atomic E-state index is 5.70. The van der Waals surface area contributed by atoms with Crippen molar-refractivity contribution in [3.8, 4) is 0 Å². The lowest BCUT2D eigenvalue weighted by Gasteiger charge is -1.94. The molecule has 0 amide bonds. The van der Waals surface area contributed by atoms with Crippen molar-refractivity contribution in [1.29, 1.82) is 0 Å². The van der Waals surface area contributed by atoms with Crippen LogP contribution in [0.1, 0.15) is 11.5 Å². The Hall–Kier alpha value is -2.29. The van der Waals surface area contributed by atoms with Crippen LogP contribution in [0.15, 0.2) is 52.9 Å². The zero-order valence-electron chi connectivity index (χ0n) is 9.26. The smallest absolute Gasteiger partial charge is 0.199 e. The summed E-state index contributed by atoms with van der Waals surface area (Å²) in [6.45, 7) is 0. The molecule has 2 aromatic carbocycles. The van der Waals surface area contributed by atoms with Gasteiger partial charge in [-0.15, -0.1) is 0 Å². The molecule has 0 bridgehead atoms. The molecule has 1 aromatic heterocycles. The van der Waals surface area contributed by atoms with Crippen LogP contribution in [0.25, 0.3) is 11.1 Å². The highest BCUT2D eigenvalue weighted by atomic mass is 16.3. The zero-order valence-corrected chi connectivity index (χ0v) is 9.26. The summed E-state index contributed by atoms with van der Waals surface area (Å²) >= 11 is 0. The van der Waals surface area contributed by atoms with Crippen molar-refractivity contribution in [2.75, 3.05) is 5.73 Å². The Balaban J connectivity index is 1.96. The average Bonchev–Trinajstić information content (AvgIpc) is 2.71. The SMILES string of the molecule is Nc1ccc2oc(Cc3ccccc3)nc2c1. The van der Waals surface area contributed by atoms with Gasteiger partial charge in [0.25, 0.3) is 0 Å². The second-order valence-electron chi connectivity index (χ2n) is 4.00. The van der Waals surface area contributed by atoms with E-state index < -0.39 is 0 Å². The Morgan fingerprint density at radius 3 is 2.71 bits per heavy atom. The van der Waals surface area contributed by atoms with E-state index in [1.54, 1.807) is 0 Å². The van der Waals surface area contributed by atoms with E-state index in [4.69, 9.17) is 10.2 Å². The van der Waals surface area contributed by atoms with Gasteiger partial charge in [0.1, 0.15) is 5.52 Å². The molecule has 0 fully saturated rings. The first-order valence-electron chi connectivity index (χ1n) is 5.50. The van der Waals surface area contributed by atoms with Gasteiger partial charge in [-0.2, -0.15) is 0 Å². The summed E-state index contributed by atoms with van der Waals surface area (Å²) in [4.78, 5) is 4.42. The number of benzene rings is 2. The fourth-order valence-electron chi connectivity index (χ4n) is 1.84. The zero-order chi connectivity index (χ0) is 11.7. The van der Waals surface area contributed by atoms with Crippen LogP contribution in [-0.2, 0) is 6.42 Å². The summed E-state index contributed by atoms with van der Waals surface area (Å²) in [7, 11) is 0. The minimum atomic E-state index is 0.704. The van der Waals surface area contributed by atoms with Crippen LogP contribution in [0.5, 0.6) is 0 Å². The number of fused-ring (bicyclic) bond motifs is 1. The molecule has 1 heterocycles. The van der Waals surface area contributed by atoms with Crippen LogP contribution in [0.2, 0.25) is 0 Å². The molecule has 0 atom stereocenters. The van der Waals surface area contributed by atoms with Crippen molar-refractivity contribution >= 4 is 16.8 Å². The molecule has 3 nitrogen and oxygen atoms in total. The molecule has 84 valence electrons. The summed E-state index contributed by atoms with van der Waals surface area (Å²) < 4.78 is 5.66. The Morgan fingerprint density at radius 2 is 1.88 bits per heavy atom. The van der Waals surface area contributed by atoms with E-state index >= 15 is 0 Å². The average molecular weight is 224 g/mol. The number of aromatic nitrogens is 1. The topological polar surface area (TPSA) is 52.0 Å². The van der Waals surface area contributed by atoms with Crippen LogP contribution in [0, 0.1) is 0 Å². The standard InChI is InChI=1S/C14H12N2O/c15-11-6-7-13-12(9-11)16-14(17-13)8-10-4-2-1-3-5-10/h1-7,9H,8,15H2. The number of nitrogens with zero attached hydrogens (tertiary/aromatic N) is 1. The molecular formula is C14H12N2O. The maximum Gasteiger partial charge on any atom is 0.199 e. The number of nitrogen functional groups attached to an aromatic ring is 1. The van der Waals surface area contributed by atoms with E-state index in [1.807, 2.05) is 36.4 Å². The maximum absolute atomic E-state index is 5.70. The monoisotopic (exact) mass is 224 g/mol. The van der Waals surface area contributed by atoms with Gasteiger partial charge in [-0.05, 0) is 23.8 Å². The van der Waals surface area contributed by atoms with Crippen LogP contribution >= 0.6 is 0 Å². The van der Waals surface area contributed by atoms with Crippen molar-refractivity contribution in [3.05, 3.63) is 60.0 Å². The van der Waals surface area contributed by atoms with E-state index in [9.17, 15) is 0 Å². The number of anilines is 1. The normalized spacial score (nSPS) is 10.8. The lowest BCUT2D eigenvalue weighted by atomic mass is 10.1. The van der Waals surface area contributed by atoms with Crippen LogP contribution < -0.4 is 5.73 Å². The molecular weight excluding hydrogens is 212 g/mol. The Kier molecular flexibility index (Phi) is 2.29. The summed E-state index contributed by atoms with van der Waals surface area (Å²) in [6, 6.07) is 15.6. The number of hydrogen-bond donors (Lipinski definition) is 1. The quantitative estimate of drug-likeness (QED) is 0.681. The molecule has 3 heteroatoms. The first-order chi connectivity index (χ1) is 8.31. The lowest BCUT2D eigenvalue weighted by molar-refractivity contribution is 0.544. The third kappa shape index (κ3) is 1.99. The molecule has 2 N–H and O–H groups in total. The largest absolute Gasteiger partial charge is 0.440 e. The molecule has 3 aromatic rings. The molecule has 0 aliphatic rings. The number of nitrogens with two attached hydrogens (primary N) is 1. The van der Waals surface area contributed by atoms with Crippen LogP contribution in [0.3, 0.4) is 0 Å². The van der Waals surface area contributed by atoms with E-state index in [0.717, 1.165) is 17.0 Å². The summed E-state index contributed by atoms with van der Waals surface area (Å²) in [5, 5.41) is 0. The Labute approximate surface area is 98.9 Å². The number of rotatable bonds is 2. The second-order valence-corrected chi connectivity index (χ2v) is 4.00. The third-order valence-corrected chi connectivity index (χ3v) is 2.65. The molecule has 0 aliphatic carbocycles. The first-order valence-corrected chi connectivity index (χ1v) is 5.50. The minimum absolute atomic E-state index is 0.704. The van der Waals surface area contributed by atoms with Gasteiger partial charge in [-0.3, -0.25) is 0 Å². The Bertz CT molecular complexity index is 644. The van der Waals surface area contributed by atoms with E-state index in [-0.39, 0.29) is 0 Å². The van der Waals surface area contributed by atoms with Gasteiger partial charge >= 0.3 is 0 Å². The molecule has 17 heavy (non-hydrogen) atoms. The van der Waals surface area contributed by atoms with Gasteiger partial charge in [0.05, 0.1) is 0 Å². The van der Waals surface area contributed by atoms with E-state index in [0.29, 0.717) is 12.1 Å². The Morgan fingerprint density at radius 1 is 1.06 bits per heavy atom. The van der Waals surface area contributed by atoms with Crippen LogP contribution in [0.4, 0.5) is 5.69 Å². The fraction of sp³-hybridized carbons (Fsp3) is 0.0714. The summed E-state index contributed by atoms with van der Waals surface area (Å²) in [6.07, 6.45) is 0.704. The molecule has 0 radical (unpaired) electrons. The number of oxazole rings is 1. The highest BCUT2D eigenvalue weighted by molar-refractivity contribution is 5.76. The van der Waals surface area contributed by atoms with Crippen molar-refractivity contribution in [2.45, 2.75) is 6.42 Å². The molecule has 0 spiro atoms. The van der Waals surface area contributed by atoms with Crippen molar-refractivity contribution in [3.63, 3.8) is 0 Å². The van der Waals surface area contributed by atoms with Gasteiger partial charge in [0.2, 0.25) is 0 Å². The molecule has 0 aliphatic heterocycles. The van der Waals surface area contributed by atoms with Crippen molar-refractivity contribution < 1.29 is 4.42 Å². The van der Waals surface area contributed by atoms with E-state index in [2.05, 4.69) is 17.1 Å². The molecule has 0 saturated heterocycles. The van der Waals surface area contributed by atoms with Gasteiger partial charge in [-0.25, -0.2) is 4.98 Å². The highest BCUT2D eigenvalue weighted by Crippen LogP contribution is 2.19. The molecule has 3 rings (SSSR count).